The molecule has 2 heterocycles. The molecule has 0 fully saturated rings. The number of carbonyl (C=O) groups excluding carboxylic acids is 2. The number of esters is 1. The molecule has 0 saturated carbocycles. The van der Waals surface area contributed by atoms with E-state index in [4.69, 9.17) is 0 Å². The summed E-state index contributed by atoms with van der Waals surface area (Å²) in [6.45, 7) is -0.238. The Labute approximate surface area is 168 Å². The molecule has 2 aromatic rings. The van der Waals surface area contributed by atoms with Gasteiger partial charge in [0.2, 0.25) is 5.91 Å². The van der Waals surface area contributed by atoms with Gasteiger partial charge in [-0.3, -0.25) is 34.4 Å². The minimum absolute atomic E-state index is 0.0966. The zero-order valence-electron chi connectivity index (χ0n) is 15.8. The fourth-order valence-corrected chi connectivity index (χ4v) is 3.28. The largest absolute Gasteiger partial charge is 0.465 e. The van der Waals surface area contributed by atoms with Crippen LogP contribution in [0.2, 0.25) is 0 Å². The summed E-state index contributed by atoms with van der Waals surface area (Å²) < 4.78 is 5.32. The molecule has 1 aliphatic heterocycles. The van der Waals surface area contributed by atoms with Crippen molar-refractivity contribution in [2.24, 2.45) is 0 Å². The monoisotopic (exact) mass is 416 g/mol. The predicted molar refractivity (Wildman–Crippen MR) is 102 cm³/mol. The number of amides is 1. The minimum atomic E-state index is -1.04. The molecule has 156 valence electrons. The van der Waals surface area contributed by atoms with E-state index in [1.165, 1.54) is 23.1 Å². The van der Waals surface area contributed by atoms with Gasteiger partial charge in [-0.05, 0) is 24.5 Å². The molecular weight excluding hydrogens is 400 g/mol. The van der Waals surface area contributed by atoms with E-state index in [-0.39, 0.29) is 11.3 Å². The number of pyridine rings is 1. The molecule has 0 aliphatic carbocycles. The van der Waals surface area contributed by atoms with Crippen molar-refractivity contribution in [1.29, 1.82) is 0 Å². The van der Waals surface area contributed by atoms with Crippen molar-refractivity contribution in [2.75, 3.05) is 18.6 Å². The lowest BCUT2D eigenvalue weighted by Gasteiger charge is -2.29. The summed E-state index contributed by atoms with van der Waals surface area (Å²) in [7, 11) is 1.08. The molecule has 0 spiro atoms. The number of fused-ring (bicyclic) bond motifs is 1. The quantitative estimate of drug-likeness (QED) is 0.403. The third-order valence-electron chi connectivity index (χ3n) is 4.68. The highest BCUT2D eigenvalue weighted by atomic mass is 16.6. The molecule has 30 heavy (non-hydrogen) atoms. The SMILES string of the molecule is COC(=O)c1cc([N+](=O)[O-])c(=O)n(CC(=O)N2CCCc3cc([N+](=O)[O-])ccc32)c1. The number of methoxy groups -OCH3 is 1. The molecule has 0 bridgehead atoms. The van der Waals surface area contributed by atoms with E-state index >= 15 is 0 Å². The van der Waals surface area contributed by atoms with Gasteiger partial charge in [0.25, 0.3) is 5.69 Å². The molecule has 0 unspecified atom stereocenters. The summed E-state index contributed by atoms with van der Waals surface area (Å²) in [4.78, 5) is 59.1. The molecule has 1 aromatic carbocycles. The van der Waals surface area contributed by atoms with Crippen LogP contribution >= 0.6 is 0 Å². The van der Waals surface area contributed by atoms with Gasteiger partial charge >= 0.3 is 17.2 Å². The second kappa shape index (κ2) is 8.11. The van der Waals surface area contributed by atoms with Gasteiger partial charge in [0.05, 0.1) is 22.5 Å². The Kier molecular flexibility index (Phi) is 5.58. The smallest absolute Gasteiger partial charge is 0.339 e. The number of nitro benzene ring substituents is 1. The van der Waals surface area contributed by atoms with Crippen LogP contribution in [0.25, 0.3) is 0 Å². The number of hydrogen-bond acceptors (Lipinski definition) is 8. The highest BCUT2D eigenvalue weighted by Crippen LogP contribution is 2.30. The maximum absolute atomic E-state index is 12.9. The third-order valence-corrected chi connectivity index (χ3v) is 4.68. The molecule has 1 aliphatic rings. The number of carbonyl (C=O) groups is 2. The van der Waals surface area contributed by atoms with Crippen molar-refractivity contribution in [3.05, 3.63) is 72.2 Å². The number of ether oxygens (including phenoxy) is 1. The topological polar surface area (TPSA) is 155 Å². The maximum Gasteiger partial charge on any atom is 0.339 e. The third kappa shape index (κ3) is 3.87. The van der Waals surface area contributed by atoms with Crippen LogP contribution in [-0.2, 0) is 22.5 Å². The number of rotatable bonds is 5. The van der Waals surface area contributed by atoms with Crippen LogP contribution in [0, 0.1) is 20.2 Å². The lowest BCUT2D eigenvalue weighted by molar-refractivity contribution is -0.386. The summed E-state index contributed by atoms with van der Waals surface area (Å²) >= 11 is 0. The average molecular weight is 416 g/mol. The first kappa shape index (κ1) is 20.6. The van der Waals surface area contributed by atoms with E-state index in [1.54, 1.807) is 0 Å². The number of hydrogen-bond donors (Lipinski definition) is 0. The molecule has 12 nitrogen and oxygen atoms in total. The van der Waals surface area contributed by atoms with Crippen LogP contribution in [-0.4, -0.2) is 39.9 Å². The van der Waals surface area contributed by atoms with Crippen molar-refractivity contribution < 1.29 is 24.2 Å². The lowest BCUT2D eigenvalue weighted by atomic mass is 10.0. The molecule has 1 aromatic heterocycles. The first-order valence-electron chi connectivity index (χ1n) is 8.77. The molecule has 0 N–H and O–H groups in total. The highest BCUT2D eigenvalue weighted by molar-refractivity contribution is 5.95. The summed E-state index contributed by atoms with van der Waals surface area (Å²) in [5.74, 6) is -1.45. The van der Waals surface area contributed by atoms with Gasteiger partial charge in [0.1, 0.15) is 6.54 Å². The van der Waals surface area contributed by atoms with E-state index < -0.39 is 39.5 Å². The lowest BCUT2D eigenvalue weighted by Crippen LogP contribution is -2.40. The summed E-state index contributed by atoms with van der Waals surface area (Å²) in [5, 5.41) is 22.1. The van der Waals surface area contributed by atoms with E-state index in [9.17, 15) is 34.6 Å². The normalized spacial score (nSPS) is 12.8. The van der Waals surface area contributed by atoms with Gasteiger partial charge in [-0.25, -0.2) is 4.79 Å². The van der Waals surface area contributed by atoms with E-state index in [0.717, 1.165) is 23.9 Å². The molecule has 3 rings (SSSR count). The van der Waals surface area contributed by atoms with E-state index in [0.29, 0.717) is 30.6 Å². The molecule has 0 radical (unpaired) electrons. The van der Waals surface area contributed by atoms with Crippen molar-refractivity contribution in [2.45, 2.75) is 19.4 Å². The van der Waals surface area contributed by atoms with Crippen LogP contribution < -0.4 is 10.5 Å². The highest BCUT2D eigenvalue weighted by Gasteiger charge is 2.27. The Bertz CT molecular complexity index is 1120. The van der Waals surface area contributed by atoms with Gasteiger partial charge in [-0.1, -0.05) is 0 Å². The minimum Gasteiger partial charge on any atom is -0.465 e. The van der Waals surface area contributed by atoms with Gasteiger partial charge in [-0.15, -0.1) is 0 Å². The molecule has 12 heteroatoms. The standard InChI is InChI=1S/C18H16N4O8/c1-30-18(25)12-8-15(22(28)29)17(24)19(9-12)10-16(23)20-6-2-3-11-7-13(21(26)27)4-5-14(11)20/h4-5,7-9H,2-3,6,10H2,1H3. The Balaban J connectivity index is 1.96. The number of nitrogens with zero attached hydrogens (tertiary/aromatic N) is 4. The predicted octanol–water partition coefficient (Wildman–Crippen LogP) is 1.43. The molecule has 0 atom stereocenters. The second-order valence-electron chi connectivity index (χ2n) is 6.51. The van der Waals surface area contributed by atoms with Crippen molar-refractivity contribution in [1.82, 2.24) is 4.57 Å². The number of anilines is 1. The Morgan fingerprint density at radius 1 is 1.17 bits per heavy atom. The average Bonchev–Trinajstić information content (AvgIpc) is 2.73. The van der Waals surface area contributed by atoms with Crippen LogP contribution in [0.1, 0.15) is 22.3 Å². The van der Waals surface area contributed by atoms with Crippen LogP contribution in [0.3, 0.4) is 0 Å². The van der Waals surface area contributed by atoms with Gasteiger partial charge in [-0.2, -0.15) is 0 Å². The zero-order chi connectivity index (χ0) is 22.0. The Morgan fingerprint density at radius 3 is 2.53 bits per heavy atom. The first-order valence-corrected chi connectivity index (χ1v) is 8.77. The summed E-state index contributed by atoms with van der Waals surface area (Å²) in [6.07, 6.45) is 2.13. The second-order valence-corrected chi connectivity index (χ2v) is 6.51. The van der Waals surface area contributed by atoms with Crippen molar-refractivity contribution in [3.8, 4) is 0 Å². The number of benzene rings is 1. The number of nitro groups is 2. The van der Waals surface area contributed by atoms with Gasteiger partial charge in [0.15, 0.2) is 0 Å². The van der Waals surface area contributed by atoms with Crippen LogP contribution in [0.15, 0.2) is 35.3 Å². The molecular formula is C18H16N4O8. The number of aromatic nitrogens is 1. The van der Waals surface area contributed by atoms with Gasteiger partial charge in [0, 0.05) is 36.6 Å². The van der Waals surface area contributed by atoms with E-state index in [1.807, 2.05) is 0 Å². The fraction of sp³-hybridized carbons (Fsp3) is 0.278. The summed E-state index contributed by atoms with van der Waals surface area (Å²) in [5.41, 5.74) is -1.15. The van der Waals surface area contributed by atoms with Crippen LogP contribution in [0.5, 0.6) is 0 Å². The molecule has 1 amide bonds. The number of aryl methyl sites for hydroxylation is 1. The van der Waals surface area contributed by atoms with Crippen LogP contribution in [0.4, 0.5) is 17.1 Å². The van der Waals surface area contributed by atoms with Crippen molar-refractivity contribution >= 4 is 28.9 Å². The van der Waals surface area contributed by atoms with Gasteiger partial charge < -0.3 is 9.64 Å². The fourth-order valence-electron chi connectivity index (χ4n) is 3.28. The van der Waals surface area contributed by atoms with E-state index in [2.05, 4.69) is 4.74 Å². The first-order chi connectivity index (χ1) is 14.2. The summed E-state index contributed by atoms with van der Waals surface area (Å²) in [6, 6.07) is 4.92. The Hall–Kier alpha value is -4.09. The zero-order valence-corrected chi connectivity index (χ0v) is 15.8. The Morgan fingerprint density at radius 2 is 1.90 bits per heavy atom. The number of non-ortho nitro benzene ring substituents is 1. The van der Waals surface area contributed by atoms with Crippen molar-refractivity contribution in [3.63, 3.8) is 0 Å². The maximum atomic E-state index is 12.9. The molecule has 0 saturated heterocycles.